The Morgan fingerprint density at radius 1 is 1.50 bits per heavy atom. The second-order valence-electron chi connectivity index (χ2n) is 4.03. The van der Waals surface area contributed by atoms with Gasteiger partial charge in [-0.25, -0.2) is 0 Å². The number of aryl methyl sites for hydroxylation is 1. The van der Waals surface area contributed by atoms with Gasteiger partial charge in [0.25, 0.3) is 0 Å². The van der Waals surface area contributed by atoms with Gasteiger partial charge in [-0.1, -0.05) is 29.8 Å². The normalized spacial score (nSPS) is 29.6. The molecule has 0 bridgehead atoms. The van der Waals surface area contributed by atoms with E-state index < -0.39 is 5.41 Å². The fraction of sp³-hybridized carbons (Fsp3) is 0.417. The van der Waals surface area contributed by atoms with Crippen molar-refractivity contribution in [2.45, 2.75) is 18.8 Å². The Morgan fingerprint density at radius 3 is 2.57 bits per heavy atom. The maximum atomic E-state index is 9.12. The van der Waals surface area contributed by atoms with Gasteiger partial charge in [0, 0.05) is 12.5 Å². The molecule has 72 valence electrons. The minimum Gasteiger partial charge on any atom is -0.396 e. The molecule has 1 fully saturated rings. The van der Waals surface area contributed by atoms with Crippen LogP contribution in [0, 0.1) is 24.2 Å². The van der Waals surface area contributed by atoms with Crippen LogP contribution in [0.2, 0.25) is 0 Å². The lowest BCUT2D eigenvalue weighted by molar-refractivity contribution is 0.269. The van der Waals surface area contributed by atoms with Crippen molar-refractivity contribution in [1.82, 2.24) is 0 Å². The molecule has 1 saturated carbocycles. The van der Waals surface area contributed by atoms with Crippen LogP contribution in [0.5, 0.6) is 0 Å². The monoisotopic (exact) mass is 187 g/mol. The van der Waals surface area contributed by atoms with Gasteiger partial charge in [0.2, 0.25) is 0 Å². The molecule has 2 nitrogen and oxygen atoms in total. The molecular formula is C12H13NO. The molecule has 0 saturated heterocycles. The molecule has 0 unspecified atom stereocenters. The number of benzene rings is 1. The quantitative estimate of drug-likeness (QED) is 0.766. The highest BCUT2D eigenvalue weighted by Crippen LogP contribution is 2.53. The third-order valence-electron chi connectivity index (χ3n) is 3.09. The van der Waals surface area contributed by atoms with Crippen molar-refractivity contribution in [3.05, 3.63) is 35.4 Å². The van der Waals surface area contributed by atoms with E-state index in [1.807, 2.05) is 31.2 Å². The van der Waals surface area contributed by atoms with E-state index in [2.05, 4.69) is 6.07 Å². The average molecular weight is 187 g/mol. The first-order valence-electron chi connectivity index (χ1n) is 4.82. The molecule has 1 aliphatic rings. The van der Waals surface area contributed by atoms with Crippen molar-refractivity contribution in [2.75, 3.05) is 6.61 Å². The zero-order valence-electron chi connectivity index (χ0n) is 8.20. The highest BCUT2D eigenvalue weighted by atomic mass is 16.3. The molecule has 14 heavy (non-hydrogen) atoms. The Hall–Kier alpha value is -1.33. The number of hydrogen-bond donors (Lipinski definition) is 1. The molecule has 2 atom stereocenters. The first-order valence-corrected chi connectivity index (χ1v) is 4.82. The van der Waals surface area contributed by atoms with Gasteiger partial charge < -0.3 is 5.11 Å². The zero-order valence-corrected chi connectivity index (χ0v) is 8.20. The summed E-state index contributed by atoms with van der Waals surface area (Å²) < 4.78 is 0. The van der Waals surface area contributed by atoms with E-state index in [1.165, 1.54) is 5.56 Å². The minimum atomic E-state index is -0.400. The molecule has 0 amide bonds. The first-order chi connectivity index (χ1) is 6.73. The van der Waals surface area contributed by atoms with Crippen LogP contribution in [-0.2, 0) is 5.41 Å². The second kappa shape index (κ2) is 3.11. The number of rotatable bonds is 2. The molecule has 2 heteroatoms. The van der Waals surface area contributed by atoms with Gasteiger partial charge in [-0.15, -0.1) is 0 Å². The summed E-state index contributed by atoms with van der Waals surface area (Å²) in [5.74, 6) is 0.134. The van der Waals surface area contributed by atoms with Gasteiger partial charge >= 0.3 is 0 Å². The van der Waals surface area contributed by atoms with E-state index in [9.17, 15) is 0 Å². The number of aliphatic hydroxyl groups excluding tert-OH is 1. The minimum absolute atomic E-state index is 0.113. The van der Waals surface area contributed by atoms with E-state index in [0.29, 0.717) is 0 Å². The molecule has 0 heterocycles. The van der Waals surface area contributed by atoms with Gasteiger partial charge in [-0.3, -0.25) is 0 Å². The van der Waals surface area contributed by atoms with Crippen molar-refractivity contribution in [3.63, 3.8) is 0 Å². The number of hydrogen-bond acceptors (Lipinski definition) is 2. The highest BCUT2D eigenvalue weighted by Gasteiger charge is 2.55. The molecule has 1 aromatic carbocycles. The van der Waals surface area contributed by atoms with Crippen LogP contribution in [0.3, 0.4) is 0 Å². The molecule has 1 aromatic rings. The highest BCUT2D eigenvalue weighted by molar-refractivity contribution is 5.42. The summed E-state index contributed by atoms with van der Waals surface area (Å²) in [6, 6.07) is 10.3. The summed E-state index contributed by atoms with van der Waals surface area (Å²) in [5, 5.41) is 18.2. The van der Waals surface area contributed by atoms with E-state index in [0.717, 1.165) is 12.0 Å². The second-order valence-corrected chi connectivity index (χ2v) is 4.03. The molecular weight excluding hydrogens is 174 g/mol. The third-order valence-corrected chi connectivity index (χ3v) is 3.09. The average Bonchev–Trinajstić information content (AvgIpc) is 2.94. The Labute approximate surface area is 83.8 Å². The topological polar surface area (TPSA) is 44.0 Å². The maximum Gasteiger partial charge on any atom is 0.0877 e. The Balaban J connectivity index is 2.32. The number of nitrogens with zero attached hydrogens (tertiary/aromatic N) is 1. The zero-order chi connectivity index (χ0) is 10.2. The van der Waals surface area contributed by atoms with Gasteiger partial charge in [0.05, 0.1) is 11.5 Å². The SMILES string of the molecule is Cc1ccc([C@]2(C#N)C[C@H]2CO)cc1. The Kier molecular flexibility index (Phi) is 2.05. The predicted octanol–water partition coefficient (Wildman–Crippen LogP) is 1.77. The molecule has 0 radical (unpaired) electrons. The van der Waals surface area contributed by atoms with Crippen LogP contribution < -0.4 is 0 Å². The third kappa shape index (κ3) is 1.21. The molecule has 0 aliphatic heterocycles. The van der Waals surface area contributed by atoms with Crippen LogP contribution in [-0.4, -0.2) is 11.7 Å². The summed E-state index contributed by atoms with van der Waals surface area (Å²) in [5.41, 5.74) is 1.84. The largest absolute Gasteiger partial charge is 0.396 e. The number of nitriles is 1. The summed E-state index contributed by atoms with van der Waals surface area (Å²) in [4.78, 5) is 0. The lowest BCUT2D eigenvalue weighted by atomic mass is 9.94. The van der Waals surface area contributed by atoms with Gasteiger partial charge in [0.15, 0.2) is 0 Å². The summed E-state index contributed by atoms with van der Waals surface area (Å²) >= 11 is 0. The van der Waals surface area contributed by atoms with Gasteiger partial charge in [-0.05, 0) is 18.9 Å². The Bertz CT molecular complexity index is 376. The van der Waals surface area contributed by atoms with Crippen molar-refractivity contribution in [3.8, 4) is 6.07 Å². The predicted molar refractivity (Wildman–Crippen MR) is 53.7 cm³/mol. The molecule has 1 N–H and O–H groups in total. The molecule has 1 aliphatic carbocycles. The summed E-state index contributed by atoms with van der Waals surface area (Å²) in [6.07, 6.45) is 0.795. The van der Waals surface area contributed by atoms with Crippen LogP contribution >= 0.6 is 0 Å². The lowest BCUT2D eigenvalue weighted by Gasteiger charge is -2.08. The standard InChI is InChI=1S/C12H13NO/c1-9-2-4-10(5-3-9)12(8-13)6-11(12)7-14/h2-5,11,14H,6-7H2,1H3/t11-,12+/m0/s1. The summed E-state index contributed by atoms with van der Waals surface area (Å²) in [7, 11) is 0. The Morgan fingerprint density at radius 2 is 2.14 bits per heavy atom. The van der Waals surface area contributed by atoms with E-state index in [-0.39, 0.29) is 12.5 Å². The van der Waals surface area contributed by atoms with Crippen LogP contribution in [0.4, 0.5) is 0 Å². The molecule has 2 rings (SSSR count). The van der Waals surface area contributed by atoms with E-state index >= 15 is 0 Å². The van der Waals surface area contributed by atoms with E-state index in [4.69, 9.17) is 10.4 Å². The van der Waals surface area contributed by atoms with Crippen LogP contribution in [0.1, 0.15) is 17.5 Å². The maximum absolute atomic E-state index is 9.12. The first kappa shape index (κ1) is 9.23. The van der Waals surface area contributed by atoms with Crippen molar-refractivity contribution in [2.24, 2.45) is 5.92 Å². The van der Waals surface area contributed by atoms with Gasteiger partial charge in [-0.2, -0.15) is 5.26 Å². The molecule has 0 aromatic heterocycles. The fourth-order valence-corrected chi connectivity index (χ4v) is 1.96. The van der Waals surface area contributed by atoms with Crippen LogP contribution in [0.25, 0.3) is 0 Å². The van der Waals surface area contributed by atoms with Crippen molar-refractivity contribution < 1.29 is 5.11 Å². The van der Waals surface area contributed by atoms with Crippen molar-refractivity contribution in [1.29, 1.82) is 5.26 Å². The fourth-order valence-electron chi connectivity index (χ4n) is 1.96. The van der Waals surface area contributed by atoms with Crippen LogP contribution in [0.15, 0.2) is 24.3 Å². The van der Waals surface area contributed by atoms with Crippen molar-refractivity contribution >= 4 is 0 Å². The smallest absolute Gasteiger partial charge is 0.0877 e. The van der Waals surface area contributed by atoms with E-state index in [1.54, 1.807) is 0 Å². The lowest BCUT2D eigenvalue weighted by Crippen LogP contribution is -2.08. The molecule has 0 spiro atoms. The van der Waals surface area contributed by atoms with Gasteiger partial charge in [0.1, 0.15) is 0 Å². The summed E-state index contributed by atoms with van der Waals surface area (Å²) in [6.45, 7) is 2.14. The number of aliphatic hydroxyl groups is 1.